The maximum atomic E-state index is 13.8. The highest BCUT2D eigenvalue weighted by molar-refractivity contribution is 9.10. The van der Waals surface area contributed by atoms with Crippen molar-refractivity contribution in [3.63, 3.8) is 0 Å². The van der Waals surface area contributed by atoms with Crippen LogP contribution >= 0.6 is 31.9 Å². The molecule has 2 rings (SSSR count). The highest BCUT2D eigenvalue weighted by Crippen LogP contribution is 2.26. The van der Waals surface area contributed by atoms with Gasteiger partial charge in [0, 0.05) is 14.5 Å². The van der Waals surface area contributed by atoms with Gasteiger partial charge in [0.05, 0.1) is 12.8 Å². The number of methoxy groups -OCH3 is 1. The van der Waals surface area contributed by atoms with Crippen LogP contribution in [0.25, 0.3) is 6.08 Å². The van der Waals surface area contributed by atoms with Crippen LogP contribution in [0.15, 0.2) is 50.9 Å². The molecular formula is C17H11Br2FN2O2. The topological polar surface area (TPSA) is 62.1 Å². The van der Waals surface area contributed by atoms with Gasteiger partial charge in [-0.25, -0.2) is 4.39 Å². The number of nitrogens with one attached hydrogen (secondary N) is 1. The van der Waals surface area contributed by atoms with Gasteiger partial charge in [-0.05, 0) is 42.5 Å². The number of rotatable bonds is 4. The Balaban J connectivity index is 2.32. The van der Waals surface area contributed by atoms with Gasteiger partial charge in [-0.3, -0.25) is 4.79 Å². The summed E-state index contributed by atoms with van der Waals surface area (Å²) in [5.74, 6) is -0.802. The Morgan fingerprint density at radius 1 is 1.25 bits per heavy atom. The summed E-state index contributed by atoms with van der Waals surface area (Å²) in [5, 5.41) is 11.6. The van der Waals surface area contributed by atoms with E-state index in [1.54, 1.807) is 24.3 Å². The molecular weight excluding hydrogens is 443 g/mol. The van der Waals surface area contributed by atoms with E-state index in [0.717, 1.165) is 4.47 Å². The van der Waals surface area contributed by atoms with Gasteiger partial charge in [0.25, 0.3) is 5.91 Å². The normalized spacial score (nSPS) is 10.9. The number of carbonyl (C=O) groups excluding carboxylic acids is 1. The molecule has 0 fully saturated rings. The maximum Gasteiger partial charge on any atom is 0.266 e. The van der Waals surface area contributed by atoms with E-state index >= 15 is 0 Å². The number of anilines is 1. The van der Waals surface area contributed by atoms with Gasteiger partial charge in [0.1, 0.15) is 23.2 Å². The summed E-state index contributed by atoms with van der Waals surface area (Å²) < 4.78 is 20.3. The van der Waals surface area contributed by atoms with Crippen molar-refractivity contribution in [2.45, 2.75) is 0 Å². The van der Waals surface area contributed by atoms with E-state index in [0.29, 0.717) is 15.8 Å². The van der Waals surface area contributed by atoms with Crippen LogP contribution in [0.3, 0.4) is 0 Å². The first kappa shape index (κ1) is 18.2. The van der Waals surface area contributed by atoms with E-state index < -0.39 is 11.7 Å². The molecule has 122 valence electrons. The van der Waals surface area contributed by atoms with Crippen LogP contribution in [0.2, 0.25) is 0 Å². The Morgan fingerprint density at radius 3 is 2.54 bits per heavy atom. The molecule has 0 aromatic heterocycles. The Bertz CT molecular complexity index is 860. The number of nitrogens with zero attached hydrogens (tertiary/aromatic N) is 1. The smallest absolute Gasteiger partial charge is 0.266 e. The van der Waals surface area contributed by atoms with Gasteiger partial charge >= 0.3 is 0 Å². The number of hydrogen-bond donors (Lipinski definition) is 1. The largest absolute Gasteiger partial charge is 0.496 e. The van der Waals surface area contributed by atoms with Crippen molar-refractivity contribution in [1.82, 2.24) is 0 Å². The van der Waals surface area contributed by atoms with E-state index in [-0.39, 0.29) is 11.3 Å². The maximum absolute atomic E-state index is 13.8. The fraction of sp³-hybridized carbons (Fsp3) is 0.0588. The van der Waals surface area contributed by atoms with E-state index in [4.69, 9.17) is 4.74 Å². The van der Waals surface area contributed by atoms with Crippen LogP contribution in [-0.4, -0.2) is 13.0 Å². The third-order valence-electron chi connectivity index (χ3n) is 3.04. The number of nitriles is 1. The molecule has 24 heavy (non-hydrogen) atoms. The zero-order valence-electron chi connectivity index (χ0n) is 12.4. The number of carbonyl (C=O) groups is 1. The molecule has 0 saturated heterocycles. The Labute approximate surface area is 155 Å². The highest BCUT2D eigenvalue weighted by Gasteiger charge is 2.13. The van der Waals surface area contributed by atoms with Gasteiger partial charge in [-0.1, -0.05) is 31.9 Å². The summed E-state index contributed by atoms with van der Waals surface area (Å²) in [6, 6.07) is 11.2. The number of benzene rings is 2. The SMILES string of the molecule is COc1ccc(Br)cc1C=C(C#N)C(=O)Nc1ccc(Br)cc1F. The van der Waals surface area contributed by atoms with E-state index in [1.165, 1.54) is 25.3 Å². The molecule has 0 radical (unpaired) electrons. The minimum Gasteiger partial charge on any atom is -0.496 e. The van der Waals surface area contributed by atoms with Crippen molar-refractivity contribution in [1.29, 1.82) is 5.26 Å². The molecule has 2 aromatic rings. The summed E-state index contributed by atoms with van der Waals surface area (Å²) in [6.45, 7) is 0. The van der Waals surface area contributed by atoms with Crippen LogP contribution in [-0.2, 0) is 4.79 Å². The van der Waals surface area contributed by atoms with E-state index in [9.17, 15) is 14.4 Å². The average molecular weight is 454 g/mol. The predicted molar refractivity (Wildman–Crippen MR) is 97.0 cm³/mol. The molecule has 0 aliphatic rings. The van der Waals surface area contributed by atoms with Crippen molar-refractivity contribution in [3.8, 4) is 11.8 Å². The van der Waals surface area contributed by atoms with E-state index in [1.807, 2.05) is 6.07 Å². The predicted octanol–water partition coefficient (Wildman–Crippen LogP) is 4.90. The second-order valence-electron chi connectivity index (χ2n) is 4.63. The van der Waals surface area contributed by atoms with Gasteiger partial charge in [0.15, 0.2) is 0 Å². The van der Waals surface area contributed by atoms with Crippen LogP contribution in [0.4, 0.5) is 10.1 Å². The summed E-state index contributed by atoms with van der Waals surface area (Å²) in [7, 11) is 1.49. The second kappa shape index (κ2) is 8.08. The molecule has 0 saturated carbocycles. The van der Waals surface area contributed by atoms with Crippen molar-refractivity contribution in [2.24, 2.45) is 0 Å². The minimum atomic E-state index is -0.708. The van der Waals surface area contributed by atoms with Gasteiger partial charge in [-0.2, -0.15) is 5.26 Å². The third-order valence-corrected chi connectivity index (χ3v) is 4.02. The fourth-order valence-electron chi connectivity index (χ4n) is 1.90. The Hall–Kier alpha value is -2.17. The zero-order chi connectivity index (χ0) is 17.7. The summed E-state index contributed by atoms with van der Waals surface area (Å²) in [5.41, 5.74) is 0.370. The lowest BCUT2D eigenvalue weighted by Gasteiger charge is -2.08. The first-order valence-electron chi connectivity index (χ1n) is 6.66. The molecule has 0 bridgehead atoms. The molecule has 1 amide bonds. The quantitative estimate of drug-likeness (QED) is 0.528. The molecule has 0 aliphatic carbocycles. The Morgan fingerprint density at radius 2 is 1.92 bits per heavy atom. The van der Waals surface area contributed by atoms with Crippen molar-refractivity contribution in [2.75, 3.05) is 12.4 Å². The van der Waals surface area contributed by atoms with Gasteiger partial charge in [-0.15, -0.1) is 0 Å². The molecule has 7 heteroatoms. The van der Waals surface area contributed by atoms with Crippen LogP contribution in [0, 0.1) is 17.1 Å². The number of ether oxygens (including phenoxy) is 1. The monoisotopic (exact) mass is 452 g/mol. The average Bonchev–Trinajstić information content (AvgIpc) is 2.55. The van der Waals surface area contributed by atoms with E-state index in [2.05, 4.69) is 37.2 Å². The van der Waals surface area contributed by atoms with Gasteiger partial charge < -0.3 is 10.1 Å². The molecule has 1 N–H and O–H groups in total. The van der Waals surface area contributed by atoms with Crippen molar-refractivity contribution in [3.05, 3.63) is 62.3 Å². The molecule has 0 spiro atoms. The highest BCUT2D eigenvalue weighted by atomic mass is 79.9. The number of hydrogen-bond acceptors (Lipinski definition) is 3. The van der Waals surface area contributed by atoms with Crippen LogP contribution in [0.5, 0.6) is 5.75 Å². The standard InChI is InChI=1S/C17H11Br2FN2O2/c1-24-16-5-3-12(18)7-10(16)6-11(9-21)17(23)22-15-4-2-13(19)8-14(15)20/h2-8H,1H3,(H,22,23). The molecule has 0 atom stereocenters. The lowest BCUT2D eigenvalue weighted by atomic mass is 10.1. The molecule has 0 heterocycles. The minimum absolute atomic E-state index is 0.00874. The molecule has 4 nitrogen and oxygen atoms in total. The second-order valence-corrected chi connectivity index (χ2v) is 6.47. The lowest BCUT2D eigenvalue weighted by molar-refractivity contribution is -0.112. The van der Waals surface area contributed by atoms with Crippen molar-refractivity contribution < 1.29 is 13.9 Å². The molecule has 2 aromatic carbocycles. The van der Waals surface area contributed by atoms with Crippen LogP contribution < -0.4 is 10.1 Å². The van der Waals surface area contributed by atoms with Crippen LogP contribution in [0.1, 0.15) is 5.56 Å². The summed E-state index contributed by atoms with van der Waals surface area (Å²) >= 11 is 6.46. The Kier molecular flexibility index (Phi) is 6.12. The first-order chi connectivity index (χ1) is 11.4. The molecule has 0 unspecified atom stereocenters. The number of amides is 1. The lowest BCUT2D eigenvalue weighted by Crippen LogP contribution is -2.14. The zero-order valence-corrected chi connectivity index (χ0v) is 15.6. The first-order valence-corrected chi connectivity index (χ1v) is 8.25. The number of halogens is 3. The third kappa shape index (κ3) is 4.43. The molecule has 0 aliphatic heterocycles. The van der Waals surface area contributed by atoms with Crippen molar-refractivity contribution >= 4 is 49.5 Å². The summed E-state index contributed by atoms with van der Waals surface area (Å²) in [6.07, 6.45) is 1.38. The summed E-state index contributed by atoms with van der Waals surface area (Å²) in [4.78, 5) is 12.2. The van der Waals surface area contributed by atoms with Gasteiger partial charge in [0.2, 0.25) is 0 Å². The fourth-order valence-corrected chi connectivity index (χ4v) is 2.61.